The van der Waals surface area contributed by atoms with Crippen molar-refractivity contribution >= 4 is 51.9 Å². The van der Waals surface area contributed by atoms with Crippen LogP contribution in [0.25, 0.3) is 6.08 Å². The number of anilines is 1. The molecule has 2 heterocycles. The molecule has 2 aromatic rings. The van der Waals surface area contributed by atoms with Crippen LogP contribution in [-0.2, 0) is 9.59 Å². The van der Waals surface area contributed by atoms with E-state index in [0.717, 1.165) is 5.56 Å². The van der Waals surface area contributed by atoms with Crippen LogP contribution in [0.15, 0.2) is 47.4 Å². The van der Waals surface area contributed by atoms with Crippen molar-refractivity contribution in [3.63, 3.8) is 0 Å². The fraction of sp³-hybridized carbons (Fsp3) is 0.150. The van der Waals surface area contributed by atoms with E-state index in [1.54, 1.807) is 30.3 Å². The molecule has 29 heavy (non-hydrogen) atoms. The first-order valence-corrected chi connectivity index (χ1v) is 9.96. The van der Waals surface area contributed by atoms with Gasteiger partial charge < -0.3 is 19.9 Å². The summed E-state index contributed by atoms with van der Waals surface area (Å²) in [5.41, 5.74) is 1.38. The second-order valence-electron chi connectivity index (χ2n) is 6.29. The summed E-state index contributed by atoms with van der Waals surface area (Å²) >= 11 is 6.51. The molecule has 0 aromatic heterocycles. The van der Waals surface area contributed by atoms with Gasteiger partial charge in [0.25, 0.3) is 5.91 Å². The van der Waals surface area contributed by atoms with Gasteiger partial charge in [-0.2, -0.15) is 0 Å². The van der Waals surface area contributed by atoms with Gasteiger partial charge in [-0.15, -0.1) is 0 Å². The standard InChI is InChI=1S/C20H16N2O5S2/c23-14-4-2-13(3-5-14)21-18(24)7-8-22-19(25)17(29-20(22)28)10-12-1-6-15-16(9-12)27-11-26-15/h1-6,9-10,23H,7-8,11H2,(H,21,24)/b17-10-. The van der Waals surface area contributed by atoms with E-state index in [1.807, 2.05) is 6.07 Å². The smallest absolute Gasteiger partial charge is 0.266 e. The van der Waals surface area contributed by atoms with E-state index in [4.69, 9.17) is 21.7 Å². The molecule has 2 aliphatic rings. The molecule has 0 spiro atoms. The molecular weight excluding hydrogens is 412 g/mol. The largest absolute Gasteiger partial charge is 0.508 e. The molecule has 0 unspecified atom stereocenters. The summed E-state index contributed by atoms with van der Waals surface area (Å²) in [5, 5.41) is 12.0. The number of phenolic OH excluding ortho intramolecular Hbond substituents is 1. The number of benzene rings is 2. The van der Waals surface area contributed by atoms with Crippen LogP contribution in [0, 0.1) is 0 Å². The lowest BCUT2D eigenvalue weighted by Gasteiger charge is -2.14. The molecular formula is C20H16N2O5S2. The number of ether oxygens (including phenoxy) is 2. The molecule has 1 saturated heterocycles. The Morgan fingerprint density at radius 3 is 2.76 bits per heavy atom. The van der Waals surface area contributed by atoms with E-state index < -0.39 is 0 Å². The minimum Gasteiger partial charge on any atom is -0.508 e. The minimum absolute atomic E-state index is 0.102. The number of nitrogens with one attached hydrogen (secondary N) is 1. The summed E-state index contributed by atoms with van der Waals surface area (Å²) in [6.07, 6.45) is 1.85. The third-order valence-electron chi connectivity index (χ3n) is 4.28. The average molecular weight is 428 g/mol. The summed E-state index contributed by atoms with van der Waals surface area (Å²) in [4.78, 5) is 26.8. The normalized spacial score (nSPS) is 16.6. The van der Waals surface area contributed by atoms with Crippen molar-refractivity contribution in [2.45, 2.75) is 6.42 Å². The van der Waals surface area contributed by atoms with Crippen molar-refractivity contribution in [3.05, 3.63) is 52.9 Å². The number of rotatable bonds is 5. The Bertz CT molecular complexity index is 1020. The summed E-state index contributed by atoms with van der Waals surface area (Å²) in [5.74, 6) is 0.962. The van der Waals surface area contributed by atoms with Crippen LogP contribution in [0.1, 0.15) is 12.0 Å². The van der Waals surface area contributed by atoms with Gasteiger partial charge in [-0.1, -0.05) is 30.0 Å². The highest BCUT2D eigenvalue weighted by atomic mass is 32.2. The van der Waals surface area contributed by atoms with Crippen molar-refractivity contribution in [1.82, 2.24) is 4.90 Å². The van der Waals surface area contributed by atoms with E-state index in [1.165, 1.54) is 28.8 Å². The zero-order valence-corrected chi connectivity index (χ0v) is 16.7. The monoisotopic (exact) mass is 428 g/mol. The molecule has 2 aliphatic heterocycles. The number of thiocarbonyl (C=S) groups is 1. The predicted molar refractivity (Wildman–Crippen MR) is 114 cm³/mol. The highest BCUT2D eigenvalue weighted by molar-refractivity contribution is 8.26. The maximum atomic E-state index is 12.7. The number of thioether (sulfide) groups is 1. The molecule has 0 atom stereocenters. The van der Waals surface area contributed by atoms with Gasteiger partial charge in [0.05, 0.1) is 4.91 Å². The van der Waals surface area contributed by atoms with Crippen LogP contribution >= 0.6 is 24.0 Å². The SMILES string of the molecule is O=C(CCN1C(=O)/C(=C/c2ccc3c(c2)OCO3)SC1=S)Nc1ccc(O)cc1. The van der Waals surface area contributed by atoms with E-state index in [2.05, 4.69) is 5.32 Å². The van der Waals surface area contributed by atoms with Crippen LogP contribution in [0.3, 0.4) is 0 Å². The van der Waals surface area contributed by atoms with Crippen LogP contribution in [-0.4, -0.2) is 39.5 Å². The molecule has 0 aliphatic carbocycles. The first kappa shape index (κ1) is 19.3. The number of carbonyl (C=O) groups excluding carboxylic acids is 2. The number of aromatic hydroxyl groups is 1. The van der Waals surface area contributed by atoms with Crippen LogP contribution < -0.4 is 14.8 Å². The average Bonchev–Trinajstić information content (AvgIpc) is 3.26. The molecule has 0 saturated carbocycles. The molecule has 4 rings (SSSR count). The van der Waals surface area contributed by atoms with Gasteiger partial charge in [0.15, 0.2) is 11.5 Å². The fourth-order valence-corrected chi connectivity index (χ4v) is 4.14. The Balaban J connectivity index is 1.38. The molecule has 0 radical (unpaired) electrons. The van der Waals surface area contributed by atoms with Crippen LogP contribution in [0.5, 0.6) is 17.2 Å². The topological polar surface area (TPSA) is 88.1 Å². The number of phenols is 1. The third-order valence-corrected chi connectivity index (χ3v) is 5.66. The van der Waals surface area contributed by atoms with E-state index >= 15 is 0 Å². The summed E-state index contributed by atoms with van der Waals surface area (Å²) in [6, 6.07) is 11.6. The minimum atomic E-state index is -0.246. The lowest BCUT2D eigenvalue weighted by molar-refractivity contribution is -0.122. The Hall–Kier alpha value is -3.04. The molecule has 1 fully saturated rings. The maximum Gasteiger partial charge on any atom is 0.266 e. The van der Waals surface area contributed by atoms with E-state index in [9.17, 15) is 14.7 Å². The van der Waals surface area contributed by atoms with Crippen molar-refractivity contribution in [2.24, 2.45) is 0 Å². The van der Waals surface area contributed by atoms with Gasteiger partial charge in [-0.3, -0.25) is 14.5 Å². The summed E-state index contributed by atoms with van der Waals surface area (Å²) in [7, 11) is 0. The Morgan fingerprint density at radius 2 is 1.97 bits per heavy atom. The molecule has 9 heteroatoms. The van der Waals surface area contributed by atoms with Crippen LogP contribution in [0.4, 0.5) is 5.69 Å². The molecule has 2 N–H and O–H groups in total. The van der Waals surface area contributed by atoms with Crippen molar-refractivity contribution in [1.29, 1.82) is 0 Å². The first-order valence-electron chi connectivity index (χ1n) is 8.73. The van der Waals surface area contributed by atoms with Gasteiger partial charge in [0.2, 0.25) is 12.7 Å². The Labute approximate surface area is 176 Å². The fourth-order valence-electron chi connectivity index (χ4n) is 2.83. The van der Waals surface area contributed by atoms with Gasteiger partial charge in [0, 0.05) is 18.7 Å². The van der Waals surface area contributed by atoms with E-state index in [-0.39, 0.29) is 37.3 Å². The Kier molecular flexibility index (Phi) is 5.41. The van der Waals surface area contributed by atoms with Crippen LogP contribution in [0.2, 0.25) is 0 Å². The van der Waals surface area contributed by atoms with Gasteiger partial charge in [-0.05, 0) is 48.0 Å². The molecule has 2 amide bonds. The number of nitrogens with zero attached hydrogens (tertiary/aromatic N) is 1. The molecule has 148 valence electrons. The lowest BCUT2D eigenvalue weighted by Crippen LogP contribution is -2.31. The first-order chi connectivity index (χ1) is 14.0. The van der Waals surface area contributed by atoms with Gasteiger partial charge >= 0.3 is 0 Å². The second kappa shape index (κ2) is 8.14. The van der Waals surface area contributed by atoms with Crippen molar-refractivity contribution in [2.75, 3.05) is 18.7 Å². The third kappa shape index (κ3) is 4.36. The Morgan fingerprint density at radius 1 is 1.21 bits per heavy atom. The quantitative estimate of drug-likeness (QED) is 0.429. The highest BCUT2D eigenvalue weighted by Gasteiger charge is 2.32. The zero-order valence-electron chi connectivity index (χ0n) is 15.1. The van der Waals surface area contributed by atoms with Crippen molar-refractivity contribution in [3.8, 4) is 17.2 Å². The predicted octanol–water partition coefficient (Wildman–Crippen LogP) is 3.35. The van der Waals surface area contributed by atoms with Crippen molar-refractivity contribution < 1.29 is 24.2 Å². The zero-order chi connectivity index (χ0) is 20.4. The highest BCUT2D eigenvalue weighted by Crippen LogP contribution is 2.36. The number of carbonyl (C=O) groups is 2. The number of hydrogen-bond acceptors (Lipinski definition) is 7. The summed E-state index contributed by atoms with van der Waals surface area (Å²) in [6.45, 7) is 0.375. The lowest BCUT2D eigenvalue weighted by atomic mass is 10.2. The molecule has 7 nitrogen and oxygen atoms in total. The maximum absolute atomic E-state index is 12.7. The molecule has 2 aromatic carbocycles. The molecule has 0 bridgehead atoms. The van der Waals surface area contributed by atoms with Gasteiger partial charge in [-0.25, -0.2) is 0 Å². The van der Waals surface area contributed by atoms with Gasteiger partial charge in [0.1, 0.15) is 10.1 Å². The number of fused-ring (bicyclic) bond motifs is 1. The number of amides is 2. The second-order valence-corrected chi connectivity index (χ2v) is 7.97. The number of hydrogen-bond donors (Lipinski definition) is 2. The van der Waals surface area contributed by atoms with E-state index in [0.29, 0.717) is 26.4 Å². The summed E-state index contributed by atoms with van der Waals surface area (Å²) < 4.78 is 11.1.